The van der Waals surface area contributed by atoms with Gasteiger partial charge in [0.15, 0.2) is 17.6 Å². The molecule has 0 spiro atoms. The molecule has 4 heterocycles. The summed E-state index contributed by atoms with van der Waals surface area (Å²) < 4.78 is 40.7. The minimum absolute atomic E-state index is 0.00192. The Hall–Kier alpha value is -4.30. The van der Waals surface area contributed by atoms with Crippen molar-refractivity contribution in [1.82, 2.24) is 24.8 Å². The number of aliphatic hydroxyl groups is 1. The number of methoxy groups -OCH3 is 1. The van der Waals surface area contributed by atoms with Gasteiger partial charge in [0.2, 0.25) is 5.88 Å². The average molecular weight is 614 g/mol. The monoisotopic (exact) mass is 613 g/mol. The summed E-state index contributed by atoms with van der Waals surface area (Å²) >= 11 is 0. The number of ether oxygens (including phenoxy) is 2. The molecule has 3 atom stereocenters. The maximum absolute atomic E-state index is 14.8. The van der Waals surface area contributed by atoms with Crippen LogP contribution >= 0.6 is 0 Å². The van der Waals surface area contributed by atoms with E-state index in [0.29, 0.717) is 34.8 Å². The van der Waals surface area contributed by atoms with E-state index in [-0.39, 0.29) is 24.5 Å². The van der Waals surface area contributed by atoms with Gasteiger partial charge in [-0.1, -0.05) is 0 Å². The summed E-state index contributed by atoms with van der Waals surface area (Å²) in [7, 11) is 3.70. The quantitative estimate of drug-likeness (QED) is 0.346. The van der Waals surface area contributed by atoms with E-state index in [2.05, 4.69) is 44.0 Å². The fourth-order valence-corrected chi connectivity index (χ4v) is 5.32. The summed E-state index contributed by atoms with van der Waals surface area (Å²) in [6.45, 7) is 5.20. The van der Waals surface area contributed by atoms with E-state index in [1.165, 1.54) is 25.4 Å². The lowest BCUT2D eigenvalue weighted by Gasteiger charge is -2.39. The van der Waals surface area contributed by atoms with Crippen LogP contribution in [0, 0.1) is 0 Å². The normalized spacial score (nSPS) is 21.1. The highest BCUT2D eigenvalue weighted by atomic mass is 19.3. The minimum Gasteiger partial charge on any atom is -0.504 e. The van der Waals surface area contributed by atoms with Gasteiger partial charge in [-0.15, -0.1) is 0 Å². The maximum atomic E-state index is 14.8. The van der Waals surface area contributed by atoms with E-state index in [0.717, 1.165) is 30.2 Å². The highest BCUT2D eigenvalue weighted by Crippen LogP contribution is 2.37. The number of likely N-dealkylation sites (N-methyl/N-ethyl adjacent to an activating group) is 1. The predicted octanol–water partition coefficient (Wildman–Crippen LogP) is 3.13. The van der Waals surface area contributed by atoms with Crippen LogP contribution in [-0.4, -0.2) is 112 Å². The maximum Gasteiger partial charge on any atom is 0.301 e. The molecule has 2 aromatic heterocycles. The molecular weight excluding hydrogens is 576 g/mol. The number of carbonyl (C=O) groups is 1. The number of alkyl halides is 2. The zero-order chi connectivity index (χ0) is 31.6. The van der Waals surface area contributed by atoms with Crippen LogP contribution < -0.4 is 19.7 Å². The second kappa shape index (κ2) is 12.7. The summed E-state index contributed by atoms with van der Waals surface area (Å²) in [5.41, 5.74) is 1.89. The number of aromatic hydroxyl groups is 1. The van der Waals surface area contributed by atoms with E-state index in [4.69, 9.17) is 9.47 Å². The molecule has 1 unspecified atom stereocenters. The fourth-order valence-electron chi connectivity index (χ4n) is 5.32. The Labute approximate surface area is 254 Å². The van der Waals surface area contributed by atoms with E-state index in [9.17, 15) is 23.8 Å². The molecule has 0 saturated carbocycles. The molecule has 3 N–H and O–H groups in total. The Balaban J connectivity index is 1.27. The molecule has 0 radical (unpaired) electrons. The Kier molecular flexibility index (Phi) is 9.02. The first-order chi connectivity index (χ1) is 20.9. The van der Waals surface area contributed by atoms with Crippen LogP contribution in [0.2, 0.25) is 0 Å². The van der Waals surface area contributed by atoms with E-state index in [1.807, 2.05) is 12.1 Å². The molecule has 3 aromatic rings. The number of aliphatic hydroxyl groups excluding tert-OH is 1. The van der Waals surface area contributed by atoms with Gasteiger partial charge >= 0.3 is 5.92 Å². The number of nitrogens with one attached hydrogen (secondary N) is 1. The number of halogens is 2. The third-order valence-electron chi connectivity index (χ3n) is 7.98. The lowest BCUT2D eigenvalue weighted by molar-refractivity contribution is -0.165. The Morgan fingerprint density at radius 2 is 1.93 bits per heavy atom. The van der Waals surface area contributed by atoms with Gasteiger partial charge in [0.05, 0.1) is 19.3 Å². The number of pyridine rings is 1. The fraction of sp³-hybridized carbons (Fsp3) is 0.467. The van der Waals surface area contributed by atoms with E-state index >= 15 is 0 Å². The molecule has 1 amide bonds. The molecule has 12 nitrogen and oxygen atoms in total. The smallest absolute Gasteiger partial charge is 0.301 e. The zero-order valence-corrected chi connectivity index (χ0v) is 25.1. The van der Waals surface area contributed by atoms with Crippen LogP contribution in [0.25, 0.3) is 11.3 Å². The van der Waals surface area contributed by atoms with Crippen molar-refractivity contribution >= 4 is 23.2 Å². The summed E-state index contributed by atoms with van der Waals surface area (Å²) in [6, 6.07) is 10.2. The summed E-state index contributed by atoms with van der Waals surface area (Å²) in [5.74, 6) is -3.14. The van der Waals surface area contributed by atoms with Crippen LogP contribution in [0.5, 0.6) is 17.4 Å². The van der Waals surface area contributed by atoms with E-state index < -0.39 is 30.6 Å². The van der Waals surface area contributed by atoms with Crippen molar-refractivity contribution in [3.8, 4) is 28.6 Å². The standard InChI is InChI=1S/C30H37F2N7O5/c1-18-15-38(12-11-37(18)3)22-6-8-26(36-28(22)43-4)35-27-14-21(33-17-34-27)20-5-7-24(23(41)13-20)44-25-9-10-39(16-30(25,31)32)29(42)19(2)40/h5-8,13-14,17-19,25,40-41H,9-12,15-16H2,1-4H3,(H,33,34,35,36)/t18-,19-,25?/m1/s1. The Bertz CT molecular complexity index is 1490. The van der Waals surface area contributed by atoms with Gasteiger partial charge in [0, 0.05) is 50.3 Å². The van der Waals surface area contributed by atoms with Gasteiger partial charge in [0.25, 0.3) is 5.91 Å². The van der Waals surface area contributed by atoms with Crippen LogP contribution in [0.1, 0.15) is 20.3 Å². The van der Waals surface area contributed by atoms with Gasteiger partial charge in [0.1, 0.15) is 29.8 Å². The number of aromatic nitrogens is 3. The molecule has 2 saturated heterocycles. The van der Waals surface area contributed by atoms with Crippen molar-refractivity contribution < 1.29 is 33.3 Å². The molecule has 0 bridgehead atoms. The molecule has 2 aliphatic heterocycles. The lowest BCUT2D eigenvalue weighted by atomic mass is 10.0. The number of phenols is 1. The van der Waals surface area contributed by atoms with Gasteiger partial charge in [-0.05, 0) is 51.2 Å². The number of nitrogens with zero attached hydrogens (tertiary/aromatic N) is 6. The third-order valence-corrected chi connectivity index (χ3v) is 7.98. The molecule has 14 heteroatoms. The second-order valence-electron chi connectivity index (χ2n) is 11.2. The molecule has 236 valence electrons. The van der Waals surface area contributed by atoms with Crippen molar-refractivity contribution in [2.75, 3.05) is 57.1 Å². The van der Waals surface area contributed by atoms with E-state index in [1.54, 1.807) is 19.2 Å². The minimum atomic E-state index is -3.38. The number of anilines is 3. The number of piperazine rings is 1. The molecule has 1 aromatic carbocycles. The summed E-state index contributed by atoms with van der Waals surface area (Å²) in [6.07, 6.45) is -1.72. The first-order valence-corrected chi connectivity index (χ1v) is 14.4. The first-order valence-electron chi connectivity index (χ1n) is 14.4. The average Bonchev–Trinajstić information content (AvgIpc) is 2.99. The highest BCUT2D eigenvalue weighted by Gasteiger charge is 2.48. The number of piperidine rings is 1. The molecule has 5 rings (SSSR count). The topological polar surface area (TPSA) is 136 Å². The van der Waals surface area contributed by atoms with Crippen LogP contribution in [0.4, 0.5) is 26.1 Å². The van der Waals surface area contributed by atoms with Crippen molar-refractivity contribution in [2.45, 2.75) is 44.4 Å². The molecule has 0 aliphatic carbocycles. The van der Waals surface area contributed by atoms with Crippen LogP contribution in [0.3, 0.4) is 0 Å². The number of benzene rings is 1. The summed E-state index contributed by atoms with van der Waals surface area (Å²) in [4.78, 5) is 30.6. The molecule has 44 heavy (non-hydrogen) atoms. The largest absolute Gasteiger partial charge is 0.504 e. The Morgan fingerprint density at radius 1 is 1.14 bits per heavy atom. The second-order valence-corrected chi connectivity index (χ2v) is 11.2. The zero-order valence-electron chi connectivity index (χ0n) is 25.1. The molecule has 2 fully saturated rings. The Morgan fingerprint density at radius 3 is 2.61 bits per heavy atom. The number of likely N-dealkylation sites (tertiary alicyclic amines) is 1. The SMILES string of the molecule is COc1nc(Nc2cc(-c3ccc(OC4CCN(C(=O)[C@@H](C)O)CC4(F)F)c(O)c3)ncn2)ccc1N1CCN(C)[C@H](C)C1. The van der Waals surface area contributed by atoms with Gasteiger partial charge in [-0.25, -0.2) is 18.7 Å². The number of hydrogen-bond donors (Lipinski definition) is 3. The summed E-state index contributed by atoms with van der Waals surface area (Å²) in [5, 5.41) is 23.3. The van der Waals surface area contributed by atoms with Crippen LogP contribution in [-0.2, 0) is 4.79 Å². The van der Waals surface area contributed by atoms with Crippen molar-refractivity contribution in [3.63, 3.8) is 0 Å². The highest BCUT2D eigenvalue weighted by molar-refractivity contribution is 5.80. The predicted molar refractivity (Wildman–Crippen MR) is 160 cm³/mol. The van der Waals surface area contributed by atoms with Crippen LogP contribution in [0.15, 0.2) is 42.7 Å². The van der Waals surface area contributed by atoms with Gasteiger partial charge in [-0.3, -0.25) is 4.79 Å². The molecule has 2 aliphatic rings. The van der Waals surface area contributed by atoms with Crippen molar-refractivity contribution in [3.05, 3.63) is 42.7 Å². The number of amides is 1. The lowest BCUT2D eigenvalue weighted by Crippen LogP contribution is -2.56. The van der Waals surface area contributed by atoms with Crippen molar-refractivity contribution in [2.24, 2.45) is 0 Å². The van der Waals surface area contributed by atoms with Crippen molar-refractivity contribution in [1.29, 1.82) is 0 Å². The first kappa shape index (κ1) is 31.1. The number of rotatable bonds is 8. The third kappa shape index (κ3) is 6.76. The number of phenolic OH excluding ortho intramolecular Hbond substituents is 1. The molecular formula is C30H37F2N7O5. The number of carbonyl (C=O) groups excluding carboxylic acids is 1. The van der Waals surface area contributed by atoms with Gasteiger partial charge in [-0.2, -0.15) is 4.98 Å². The van der Waals surface area contributed by atoms with Gasteiger partial charge < -0.3 is 39.7 Å². The number of hydrogen-bond acceptors (Lipinski definition) is 11.